The van der Waals surface area contributed by atoms with Crippen LogP contribution in [0.25, 0.3) is 0 Å². The predicted octanol–water partition coefficient (Wildman–Crippen LogP) is 1.40. The van der Waals surface area contributed by atoms with Gasteiger partial charge in [-0.3, -0.25) is 10.1 Å². The van der Waals surface area contributed by atoms with Gasteiger partial charge in [-0.15, -0.1) is 0 Å². The molecule has 8 nitrogen and oxygen atoms in total. The van der Waals surface area contributed by atoms with Gasteiger partial charge in [-0.25, -0.2) is 13.1 Å². The Morgan fingerprint density at radius 1 is 1.55 bits per heavy atom. The summed E-state index contributed by atoms with van der Waals surface area (Å²) in [7, 11) is -2.28. The van der Waals surface area contributed by atoms with E-state index in [1.807, 2.05) is 6.92 Å². The van der Waals surface area contributed by atoms with E-state index in [1.54, 1.807) is 6.92 Å². The zero-order chi connectivity index (χ0) is 15.3. The molecule has 0 radical (unpaired) electrons. The highest BCUT2D eigenvalue weighted by atomic mass is 32.2. The SMILES string of the molecule is CCOC(C)CNS(=O)(=O)c1cc([N+](=O)[O-])c(NC)s1. The number of rotatable bonds is 8. The predicted molar refractivity (Wildman–Crippen MR) is 76.8 cm³/mol. The van der Waals surface area contributed by atoms with Crippen LogP contribution in [0.1, 0.15) is 13.8 Å². The maximum Gasteiger partial charge on any atom is 0.304 e. The van der Waals surface area contributed by atoms with Crippen LogP contribution in [0.15, 0.2) is 10.3 Å². The maximum absolute atomic E-state index is 12.0. The second-order valence-corrected chi connectivity index (χ2v) is 6.95. The van der Waals surface area contributed by atoms with Gasteiger partial charge in [0.25, 0.3) is 0 Å². The third-order valence-electron chi connectivity index (χ3n) is 2.39. The zero-order valence-electron chi connectivity index (χ0n) is 11.4. The van der Waals surface area contributed by atoms with Crippen molar-refractivity contribution >= 4 is 32.0 Å². The minimum absolute atomic E-state index is 0.0998. The molecule has 0 bridgehead atoms. The normalized spacial score (nSPS) is 13.2. The second-order valence-electron chi connectivity index (χ2n) is 3.90. The molecule has 1 aromatic heterocycles. The Morgan fingerprint density at radius 2 is 2.20 bits per heavy atom. The first-order valence-corrected chi connectivity index (χ1v) is 8.19. The molecule has 0 saturated heterocycles. The molecular formula is C10H17N3O5S2. The number of anilines is 1. The summed E-state index contributed by atoms with van der Waals surface area (Å²) >= 11 is 0.816. The van der Waals surface area contributed by atoms with E-state index in [4.69, 9.17) is 4.74 Å². The van der Waals surface area contributed by atoms with E-state index >= 15 is 0 Å². The first-order chi connectivity index (χ1) is 9.31. The molecule has 2 N–H and O–H groups in total. The van der Waals surface area contributed by atoms with Crippen molar-refractivity contribution in [1.29, 1.82) is 0 Å². The average molecular weight is 323 g/mol. The Labute approximate surface area is 121 Å². The Bertz CT molecular complexity index is 569. The fourth-order valence-corrected chi connectivity index (χ4v) is 3.89. The number of nitrogens with one attached hydrogen (secondary N) is 2. The first kappa shape index (κ1) is 16.8. The first-order valence-electron chi connectivity index (χ1n) is 5.89. The molecule has 0 aliphatic heterocycles. The Morgan fingerprint density at radius 3 is 2.65 bits per heavy atom. The lowest BCUT2D eigenvalue weighted by atomic mass is 10.4. The molecule has 1 unspecified atom stereocenters. The van der Waals surface area contributed by atoms with Gasteiger partial charge in [-0.1, -0.05) is 11.3 Å². The molecule has 1 heterocycles. The lowest BCUT2D eigenvalue weighted by Gasteiger charge is -2.11. The lowest BCUT2D eigenvalue weighted by Crippen LogP contribution is -2.31. The molecule has 0 spiro atoms. The van der Waals surface area contributed by atoms with Crippen LogP contribution >= 0.6 is 11.3 Å². The van der Waals surface area contributed by atoms with Crippen LogP contribution in [0.3, 0.4) is 0 Å². The van der Waals surface area contributed by atoms with E-state index in [9.17, 15) is 18.5 Å². The van der Waals surface area contributed by atoms with Gasteiger partial charge in [0.05, 0.1) is 11.0 Å². The van der Waals surface area contributed by atoms with Gasteiger partial charge >= 0.3 is 5.69 Å². The van der Waals surface area contributed by atoms with Gasteiger partial charge in [0.1, 0.15) is 4.21 Å². The average Bonchev–Trinajstić information content (AvgIpc) is 2.82. The minimum atomic E-state index is -3.77. The molecule has 1 rings (SSSR count). The topological polar surface area (TPSA) is 111 Å². The molecule has 0 aromatic carbocycles. The minimum Gasteiger partial charge on any atom is -0.377 e. The van der Waals surface area contributed by atoms with Crippen LogP contribution in [0.2, 0.25) is 0 Å². The highest BCUT2D eigenvalue weighted by Crippen LogP contribution is 2.36. The molecule has 1 aromatic rings. The number of hydrogen-bond donors (Lipinski definition) is 2. The van der Waals surface area contributed by atoms with Crippen LogP contribution in [0.4, 0.5) is 10.7 Å². The van der Waals surface area contributed by atoms with E-state index < -0.39 is 14.9 Å². The third kappa shape index (κ3) is 4.13. The molecule has 1 atom stereocenters. The molecule has 0 fully saturated rings. The van der Waals surface area contributed by atoms with Crippen LogP contribution in [0, 0.1) is 10.1 Å². The molecule has 114 valence electrons. The van der Waals surface area contributed by atoms with Crippen LogP contribution < -0.4 is 10.0 Å². The summed E-state index contributed by atoms with van der Waals surface area (Å²) in [6, 6.07) is 1.05. The molecule has 0 saturated carbocycles. The van der Waals surface area contributed by atoms with E-state index in [0.717, 1.165) is 17.4 Å². The molecule has 10 heteroatoms. The van der Waals surface area contributed by atoms with Crippen LogP contribution in [-0.4, -0.2) is 39.6 Å². The molecule has 20 heavy (non-hydrogen) atoms. The summed E-state index contributed by atoms with van der Waals surface area (Å²) in [6.45, 7) is 4.14. The Kier molecular flexibility index (Phi) is 5.87. The smallest absolute Gasteiger partial charge is 0.304 e. The summed E-state index contributed by atoms with van der Waals surface area (Å²) in [5.74, 6) is 0. The van der Waals surface area contributed by atoms with Gasteiger partial charge in [-0.05, 0) is 13.8 Å². The van der Waals surface area contributed by atoms with Crippen molar-refractivity contribution in [2.75, 3.05) is 25.5 Å². The quantitative estimate of drug-likeness (QED) is 0.552. The Hall–Kier alpha value is -1.23. The highest BCUT2D eigenvalue weighted by molar-refractivity contribution is 7.91. The number of thiophene rings is 1. The summed E-state index contributed by atoms with van der Waals surface area (Å²) in [4.78, 5) is 10.2. The Balaban J connectivity index is 2.90. The van der Waals surface area contributed by atoms with Crippen molar-refractivity contribution in [1.82, 2.24) is 4.72 Å². The van der Waals surface area contributed by atoms with Crippen molar-refractivity contribution in [3.63, 3.8) is 0 Å². The number of sulfonamides is 1. The van der Waals surface area contributed by atoms with E-state index in [-0.39, 0.29) is 27.5 Å². The zero-order valence-corrected chi connectivity index (χ0v) is 13.0. The van der Waals surface area contributed by atoms with E-state index in [0.29, 0.717) is 6.61 Å². The van der Waals surface area contributed by atoms with Gasteiger partial charge in [0.2, 0.25) is 10.0 Å². The van der Waals surface area contributed by atoms with Crippen molar-refractivity contribution < 1.29 is 18.1 Å². The maximum atomic E-state index is 12.0. The van der Waals surface area contributed by atoms with Crippen molar-refractivity contribution in [3.8, 4) is 0 Å². The van der Waals surface area contributed by atoms with E-state index in [1.165, 1.54) is 7.05 Å². The number of nitrogens with zero attached hydrogens (tertiary/aromatic N) is 1. The molecular weight excluding hydrogens is 306 g/mol. The van der Waals surface area contributed by atoms with Crippen molar-refractivity contribution in [3.05, 3.63) is 16.2 Å². The van der Waals surface area contributed by atoms with Gasteiger partial charge in [0, 0.05) is 26.3 Å². The summed E-state index contributed by atoms with van der Waals surface area (Å²) in [6.07, 6.45) is -0.270. The number of hydrogen-bond acceptors (Lipinski definition) is 7. The fourth-order valence-electron chi connectivity index (χ4n) is 1.45. The summed E-state index contributed by atoms with van der Waals surface area (Å²) < 4.78 is 31.6. The molecule has 0 aliphatic rings. The number of ether oxygens (including phenoxy) is 1. The number of nitro groups is 1. The van der Waals surface area contributed by atoms with Gasteiger partial charge in [0.15, 0.2) is 5.00 Å². The third-order valence-corrected chi connectivity index (χ3v) is 5.43. The van der Waals surface area contributed by atoms with Crippen molar-refractivity contribution in [2.24, 2.45) is 0 Å². The largest absolute Gasteiger partial charge is 0.377 e. The molecule has 0 aliphatic carbocycles. The van der Waals surface area contributed by atoms with Crippen LogP contribution in [-0.2, 0) is 14.8 Å². The van der Waals surface area contributed by atoms with Gasteiger partial charge in [-0.2, -0.15) is 0 Å². The van der Waals surface area contributed by atoms with E-state index in [2.05, 4.69) is 10.0 Å². The fraction of sp³-hybridized carbons (Fsp3) is 0.600. The summed E-state index contributed by atoms with van der Waals surface area (Å²) in [5.41, 5.74) is -0.254. The molecule has 0 amide bonds. The monoisotopic (exact) mass is 323 g/mol. The van der Waals surface area contributed by atoms with Gasteiger partial charge < -0.3 is 10.1 Å². The highest BCUT2D eigenvalue weighted by Gasteiger charge is 2.25. The van der Waals surface area contributed by atoms with Crippen LogP contribution in [0.5, 0.6) is 0 Å². The standard InChI is InChI=1S/C10H17N3O5S2/c1-4-18-7(2)6-12-20(16,17)9-5-8(13(14)15)10(11-3)19-9/h5,7,11-12H,4,6H2,1-3H3. The van der Waals surface area contributed by atoms with Crippen molar-refractivity contribution in [2.45, 2.75) is 24.2 Å². The lowest BCUT2D eigenvalue weighted by molar-refractivity contribution is -0.383. The second kappa shape index (κ2) is 6.97. The summed E-state index contributed by atoms with van der Waals surface area (Å²) in [5, 5.41) is 13.6.